The minimum Gasteiger partial charge on any atom is -0.481 e. The van der Waals surface area contributed by atoms with E-state index in [4.69, 9.17) is 9.47 Å². The van der Waals surface area contributed by atoms with E-state index >= 15 is 0 Å². The Kier molecular flexibility index (Phi) is 6.32. The minimum absolute atomic E-state index is 0.609. The summed E-state index contributed by atoms with van der Waals surface area (Å²) >= 11 is 0. The van der Waals surface area contributed by atoms with E-state index in [0.29, 0.717) is 5.88 Å². The Morgan fingerprint density at radius 1 is 1.29 bits per heavy atom. The van der Waals surface area contributed by atoms with Crippen LogP contribution in [0.4, 0.5) is 5.82 Å². The second kappa shape index (κ2) is 7.84. The van der Waals surface area contributed by atoms with Gasteiger partial charge in [-0.25, -0.2) is 4.98 Å². The van der Waals surface area contributed by atoms with Crippen LogP contribution in [0.3, 0.4) is 0 Å². The summed E-state index contributed by atoms with van der Waals surface area (Å²) < 4.78 is 10.1. The molecule has 17 heavy (non-hydrogen) atoms. The van der Waals surface area contributed by atoms with E-state index in [0.717, 1.165) is 44.1 Å². The molecule has 0 atom stereocenters. The second-order valence-electron chi connectivity index (χ2n) is 3.73. The third-order valence-corrected chi connectivity index (χ3v) is 2.26. The Hall–Kier alpha value is -1.36. The Balaban J connectivity index is 2.59. The van der Waals surface area contributed by atoms with Crippen LogP contribution in [0.2, 0.25) is 0 Å². The van der Waals surface area contributed by atoms with Crippen molar-refractivity contribution in [3.05, 3.63) is 11.9 Å². The highest BCUT2D eigenvalue weighted by Gasteiger charge is 2.03. The topological polar surface area (TPSA) is 56.3 Å². The number of rotatable bonds is 8. The molecule has 0 saturated heterocycles. The standard InChI is InChI=1S/C12H21N3O2/c1-4-6-10-14-11(9-12(15-10)17-3)13-7-5-8-16-2/h9H,4-8H2,1-3H3,(H,13,14,15). The van der Waals surface area contributed by atoms with Gasteiger partial charge in [-0.05, 0) is 12.8 Å². The summed E-state index contributed by atoms with van der Waals surface area (Å²) in [6.45, 7) is 3.69. The van der Waals surface area contributed by atoms with Crippen molar-refractivity contribution in [3.8, 4) is 5.88 Å². The molecule has 1 N–H and O–H groups in total. The van der Waals surface area contributed by atoms with Gasteiger partial charge in [-0.2, -0.15) is 4.98 Å². The fourth-order valence-corrected chi connectivity index (χ4v) is 1.44. The molecule has 0 fully saturated rings. The third kappa shape index (κ3) is 4.99. The van der Waals surface area contributed by atoms with Gasteiger partial charge < -0.3 is 14.8 Å². The van der Waals surface area contributed by atoms with E-state index in [2.05, 4.69) is 22.2 Å². The highest BCUT2D eigenvalue weighted by molar-refractivity contribution is 5.38. The fourth-order valence-electron chi connectivity index (χ4n) is 1.44. The Labute approximate surface area is 103 Å². The lowest BCUT2D eigenvalue weighted by Gasteiger charge is -2.08. The maximum Gasteiger partial charge on any atom is 0.218 e. The van der Waals surface area contributed by atoms with E-state index in [-0.39, 0.29) is 0 Å². The summed E-state index contributed by atoms with van der Waals surface area (Å²) in [7, 11) is 3.32. The van der Waals surface area contributed by atoms with Crippen LogP contribution in [0.15, 0.2) is 6.07 Å². The van der Waals surface area contributed by atoms with Gasteiger partial charge in [0.15, 0.2) is 0 Å². The van der Waals surface area contributed by atoms with Crippen molar-refractivity contribution < 1.29 is 9.47 Å². The predicted molar refractivity (Wildman–Crippen MR) is 67.6 cm³/mol. The average molecular weight is 239 g/mol. The largest absolute Gasteiger partial charge is 0.481 e. The first-order chi connectivity index (χ1) is 8.30. The van der Waals surface area contributed by atoms with E-state index < -0.39 is 0 Å². The molecule has 0 aliphatic rings. The molecule has 0 aliphatic carbocycles. The van der Waals surface area contributed by atoms with Crippen molar-refractivity contribution in [1.29, 1.82) is 0 Å². The van der Waals surface area contributed by atoms with Crippen LogP contribution in [-0.4, -0.2) is 37.3 Å². The number of aryl methyl sites for hydroxylation is 1. The third-order valence-electron chi connectivity index (χ3n) is 2.26. The number of aromatic nitrogens is 2. The zero-order valence-electron chi connectivity index (χ0n) is 10.8. The molecule has 5 nitrogen and oxygen atoms in total. The molecule has 1 aromatic rings. The smallest absolute Gasteiger partial charge is 0.218 e. The lowest BCUT2D eigenvalue weighted by molar-refractivity contribution is 0.197. The van der Waals surface area contributed by atoms with Gasteiger partial charge in [0, 0.05) is 32.7 Å². The van der Waals surface area contributed by atoms with Gasteiger partial charge in [-0.1, -0.05) is 6.92 Å². The Bertz CT molecular complexity index is 332. The van der Waals surface area contributed by atoms with Gasteiger partial charge in [0.05, 0.1) is 7.11 Å². The number of nitrogens with zero attached hydrogens (tertiary/aromatic N) is 2. The molecule has 1 aromatic heterocycles. The van der Waals surface area contributed by atoms with Crippen LogP contribution < -0.4 is 10.1 Å². The van der Waals surface area contributed by atoms with Gasteiger partial charge in [0.2, 0.25) is 5.88 Å². The molecule has 0 spiro atoms. The van der Waals surface area contributed by atoms with Gasteiger partial charge in [0.25, 0.3) is 0 Å². The van der Waals surface area contributed by atoms with Crippen LogP contribution in [0.25, 0.3) is 0 Å². The number of hydrogen-bond donors (Lipinski definition) is 1. The van der Waals surface area contributed by atoms with E-state index in [1.54, 1.807) is 14.2 Å². The molecule has 0 amide bonds. The maximum atomic E-state index is 5.15. The van der Waals surface area contributed by atoms with E-state index in [1.807, 2.05) is 6.07 Å². The molecule has 0 bridgehead atoms. The molecule has 0 aliphatic heterocycles. The number of anilines is 1. The van der Waals surface area contributed by atoms with Crippen LogP contribution in [0.5, 0.6) is 5.88 Å². The second-order valence-corrected chi connectivity index (χ2v) is 3.73. The normalized spacial score (nSPS) is 10.3. The zero-order valence-corrected chi connectivity index (χ0v) is 10.8. The van der Waals surface area contributed by atoms with Gasteiger partial charge in [0.1, 0.15) is 11.6 Å². The quantitative estimate of drug-likeness (QED) is 0.702. The van der Waals surface area contributed by atoms with Crippen molar-refractivity contribution in [1.82, 2.24) is 9.97 Å². The summed E-state index contributed by atoms with van der Waals surface area (Å²) in [5, 5.41) is 3.24. The van der Waals surface area contributed by atoms with Crippen LogP contribution in [0, 0.1) is 0 Å². The number of methoxy groups -OCH3 is 2. The summed E-state index contributed by atoms with van der Waals surface area (Å²) in [6.07, 6.45) is 2.84. The van der Waals surface area contributed by atoms with Gasteiger partial charge in [-0.3, -0.25) is 0 Å². The molecule has 0 radical (unpaired) electrons. The van der Waals surface area contributed by atoms with Crippen molar-refractivity contribution >= 4 is 5.82 Å². The SMILES string of the molecule is CCCc1nc(NCCCOC)cc(OC)n1. The fraction of sp³-hybridized carbons (Fsp3) is 0.667. The highest BCUT2D eigenvalue weighted by Crippen LogP contribution is 2.13. The van der Waals surface area contributed by atoms with Crippen molar-refractivity contribution in [3.63, 3.8) is 0 Å². The summed E-state index contributed by atoms with van der Waals surface area (Å²) in [4.78, 5) is 8.71. The summed E-state index contributed by atoms with van der Waals surface area (Å²) in [5.74, 6) is 2.25. The highest BCUT2D eigenvalue weighted by atomic mass is 16.5. The van der Waals surface area contributed by atoms with Crippen LogP contribution in [0.1, 0.15) is 25.6 Å². The minimum atomic E-state index is 0.609. The van der Waals surface area contributed by atoms with Crippen molar-refractivity contribution in [2.45, 2.75) is 26.2 Å². The summed E-state index contributed by atoms with van der Waals surface area (Å²) in [5.41, 5.74) is 0. The molecule has 5 heteroatoms. The van der Waals surface area contributed by atoms with E-state index in [1.165, 1.54) is 0 Å². The Morgan fingerprint density at radius 2 is 2.12 bits per heavy atom. The molecular weight excluding hydrogens is 218 g/mol. The van der Waals surface area contributed by atoms with Gasteiger partial charge in [-0.15, -0.1) is 0 Å². The molecular formula is C12H21N3O2. The lowest BCUT2D eigenvalue weighted by Crippen LogP contribution is -2.08. The first-order valence-electron chi connectivity index (χ1n) is 5.95. The summed E-state index contributed by atoms with van der Waals surface area (Å²) in [6, 6.07) is 1.81. The average Bonchev–Trinajstić information content (AvgIpc) is 2.35. The zero-order chi connectivity index (χ0) is 12.5. The number of ether oxygens (including phenoxy) is 2. The molecule has 96 valence electrons. The number of nitrogens with one attached hydrogen (secondary N) is 1. The maximum absolute atomic E-state index is 5.15. The molecule has 0 saturated carbocycles. The van der Waals surface area contributed by atoms with E-state index in [9.17, 15) is 0 Å². The molecule has 1 rings (SSSR count). The predicted octanol–water partition coefficient (Wildman–Crippen LogP) is 1.89. The molecule has 0 aromatic carbocycles. The van der Waals surface area contributed by atoms with Crippen molar-refractivity contribution in [2.75, 3.05) is 32.7 Å². The number of hydrogen-bond acceptors (Lipinski definition) is 5. The first kappa shape index (κ1) is 13.7. The van der Waals surface area contributed by atoms with Crippen LogP contribution >= 0.6 is 0 Å². The first-order valence-corrected chi connectivity index (χ1v) is 5.95. The lowest BCUT2D eigenvalue weighted by atomic mass is 10.3. The van der Waals surface area contributed by atoms with Crippen molar-refractivity contribution in [2.24, 2.45) is 0 Å². The molecule has 0 unspecified atom stereocenters. The van der Waals surface area contributed by atoms with Gasteiger partial charge >= 0.3 is 0 Å². The Morgan fingerprint density at radius 3 is 2.76 bits per heavy atom. The molecule has 1 heterocycles. The monoisotopic (exact) mass is 239 g/mol. The van der Waals surface area contributed by atoms with Crippen LogP contribution in [-0.2, 0) is 11.2 Å².